The molecule has 116 valence electrons. The molecule has 2 aromatic carbocycles. The fraction of sp³-hybridized carbons (Fsp3) is 0.278. The molecule has 1 atom stereocenters. The molecular weight excluding hydrogens is 281 g/mol. The summed E-state index contributed by atoms with van der Waals surface area (Å²) in [5, 5.41) is 2.89. The summed E-state index contributed by atoms with van der Waals surface area (Å²) in [6.07, 6.45) is 0.942. The van der Waals surface area contributed by atoms with Gasteiger partial charge in [-0.2, -0.15) is 0 Å². The average molecular weight is 301 g/mol. The van der Waals surface area contributed by atoms with Crippen molar-refractivity contribution in [3.63, 3.8) is 0 Å². The van der Waals surface area contributed by atoms with Crippen molar-refractivity contribution >= 4 is 5.91 Å². The van der Waals surface area contributed by atoms with Gasteiger partial charge < -0.3 is 10.1 Å². The van der Waals surface area contributed by atoms with Crippen molar-refractivity contribution in [3.8, 4) is 5.75 Å². The van der Waals surface area contributed by atoms with Crippen LogP contribution < -0.4 is 10.1 Å². The van der Waals surface area contributed by atoms with Crippen molar-refractivity contribution in [1.29, 1.82) is 0 Å². The fourth-order valence-corrected chi connectivity index (χ4v) is 2.04. The molecule has 2 rings (SSSR count). The van der Waals surface area contributed by atoms with Crippen LogP contribution in [-0.4, -0.2) is 12.5 Å². The van der Waals surface area contributed by atoms with Gasteiger partial charge in [0.25, 0.3) is 5.91 Å². The van der Waals surface area contributed by atoms with Gasteiger partial charge >= 0.3 is 0 Å². The predicted octanol–water partition coefficient (Wildman–Crippen LogP) is 4.11. The van der Waals surface area contributed by atoms with E-state index in [9.17, 15) is 9.18 Å². The molecule has 0 saturated carbocycles. The number of carbonyl (C=O) groups excluding carboxylic acids is 1. The summed E-state index contributed by atoms with van der Waals surface area (Å²) < 4.78 is 18.4. The van der Waals surface area contributed by atoms with E-state index >= 15 is 0 Å². The predicted molar refractivity (Wildman–Crippen MR) is 84.5 cm³/mol. The van der Waals surface area contributed by atoms with Gasteiger partial charge in [-0.05, 0) is 55.3 Å². The molecule has 22 heavy (non-hydrogen) atoms. The van der Waals surface area contributed by atoms with E-state index in [0.717, 1.165) is 17.7 Å². The van der Waals surface area contributed by atoms with Gasteiger partial charge in [0, 0.05) is 5.56 Å². The second-order valence-electron chi connectivity index (χ2n) is 5.12. The molecule has 0 aliphatic rings. The number of ether oxygens (including phenoxy) is 1. The molecule has 0 spiro atoms. The van der Waals surface area contributed by atoms with E-state index in [0.29, 0.717) is 12.2 Å². The maximum atomic E-state index is 12.9. The van der Waals surface area contributed by atoms with Gasteiger partial charge in [-0.25, -0.2) is 4.39 Å². The number of amides is 1. The molecule has 0 bridgehead atoms. The van der Waals surface area contributed by atoms with Crippen LogP contribution in [0.15, 0.2) is 48.5 Å². The molecule has 0 aliphatic carbocycles. The second kappa shape index (κ2) is 7.59. The number of rotatable bonds is 6. The van der Waals surface area contributed by atoms with Crippen LogP contribution in [0.25, 0.3) is 0 Å². The van der Waals surface area contributed by atoms with Crippen molar-refractivity contribution in [3.05, 3.63) is 65.5 Å². The third-order valence-corrected chi connectivity index (χ3v) is 3.31. The minimum absolute atomic E-state index is 0.168. The zero-order chi connectivity index (χ0) is 15.9. The van der Waals surface area contributed by atoms with Gasteiger partial charge in [0.2, 0.25) is 0 Å². The highest BCUT2D eigenvalue weighted by Crippen LogP contribution is 2.16. The zero-order valence-corrected chi connectivity index (χ0v) is 12.8. The van der Waals surface area contributed by atoms with Gasteiger partial charge in [0.1, 0.15) is 11.6 Å². The fourth-order valence-electron chi connectivity index (χ4n) is 2.04. The SMILES string of the molecule is CCCOc1ccc(C(=O)N[C@@H](C)c2ccc(F)cc2)cc1. The summed E-state index contributed by atoms with van der Waals surface area (Å²) in [5.74, 6) is 0.300. The van der Waals surface area contributed by atoms with Crippen molar-refractivity contribution in [2.75, 3.05) is 6.61 Å². The lowest BCUT2D eigenvalue weighted by atomic mass is 10.1. The van der Waals surface area contributed by atoms with Crippen molar-refractivity contribution in [2.24, 2.45) is 0 Å². The van der Waals surface area contributed by atoms with E-state index in [1.165, 1.54) is 12.1 Å². The van der Waals surface area contributed by atoms with Gasteiger partial charge in [0.15, 0.2) is 0 Å². The van der Waals surface area contributed by atoms with Crippen molar-refractivity contribution in [2.45, 2.75) is 26.3 Å². The number of hydrogen-bond acceptors (Lipinski definition) is 2. The van der Waals surface area contributed by atoms with E-state index in [2.05, 4.69) is 5.32 Å². The first-order valence-corrected chi connectivity index (χ1v) is 7.39. The van der Waals surface area contributed by atoms with E-state index < -0.39 is 0 Å². The Morgan fingerprint density at radius 2 is 1.77 bits per heavy atom. The van der Waals surface area contributed by atoms with Crippen LogP contribution >= 0.6 is 0 Å². The van der Waals surface area contributed by atoms with Gasteiger partial charge in [-0.15, -0.1) is 0 Å². The number of carbonyl (C=O) groups is 1. The number of nitrogens with one attached hydrogen (secondary N) is 1. The first-order valence-electron chi connectivity index (χ1n) is 7.39. The molecule has 0 radical (unpaired) electrons. The number of benzene rings is 2. The Hall–Kier alpha value is -2.36. The van der Waals surface area contributed by atoms with Crippen LogP contribution in [0.5, 0.6) is 5.75 Å². The molecule has 0 aliphatic heterocycles. The van der Waals surface area contributed by atoms with Gasteiger partial charge in [-0.1, -0.05) is 19.1 Å². The maximum Gasteiger partial charge on any atom is 0.251 e. The Morgan fingerprint density at radius 1 is 1.14 bits per heavy atom. The number of hydrogen-bond donors (Lipinski definition) is 1. The minimum Gasteiger partial charge on any atom is -0.494 e. The average Bonchev–Trinajstić information content (AvgIpc) is 2.54. The van der Waals surface area contributed by atoms with Crippen LogP contribution in [0.1, 0.15) is 42.2 Å². The van der Waals surface area contributed by atoms with Gasteiger partial charge in [-0.3, -0.25) is 4.79 Å². The highest BCUT2D eigenvalue weighted by molar-refractivity contribution is 5.94. The molecule has 0 aromatic heterocycles. The second-order valence-corrected chi connectivity index (χ2v) is 5.12. The molecule has 2 aromatic rings. The Labute approximate surface area is 130 Å². The molecule has 1 amide bonds. The normalized spacial score (nSPS) is 11.8. The first-order chi connectivity index (χ1) is 10.6. The Bertz CT molecular complexity index is 608. The third-order valence-electron chi connectivity index (χ3n) is 3.31. The van der Waals surface area contributed by atoms with Crippen LogP contribution in [0, 0.1) is 5.82 Å². The molecule has 3 nitrogen and oxygen atoms in total. The third kappa shape index (κ3) is 4.32. The molecule has 4 heteroatoms. The summed E-state index contributed by atoms with van der Waals surface area (Å²) in [6, 6.07) is 13.0. The summed E-state index contributed by atoms with van der Waals surface area (Å²) in [4.78, 5) is 12.2. The van der Waals surface area contributed by atoms with Crippen LogP contribution in [0.3, 0.4) is 0 Å². The van der Waals surface area contributed by atoms with Crippen LogP contribution in [0.2, 0.25) is 0 Å². The topological polar surface area (TPSA) is 38.3 Å². The smallest absolute Gasteiger partial charge is 0.251 e. The summed E-state index contributed by atoms with van der Waals surface area (Å²) in [7, 11) is 0. The minimum atomic E-state index is -0.287. The number of halogens is 1. The first kappa shape index (κ1) is 16.0. The monoisotopic (exact) mass is 301 g/mol. The van der Waals surface area contributed by atoms with Crippen molar-refractivity contribution in [1.82, 2.24) is 5.32 Å². The maximum absolute atomic E-state index is 12.9. The lowest BCUT2D eigenvalue weighted by Crippen LogP contribution is -2.26. The lowest BCUT2D eigenvalue weighted by molar-refractivity contribution is 0.0940. The molecule has 1 N–H and O–H groups in total. The Kier molecular flexibility index (Phi) is 5.53. The van der Waals surface area contributed by atoms with Crippen molar-refractivity contribution < 1.29 is 13.9 Å². The van der Waals surface area contributed by atoms with E-state index in [1.807, 2.05) is 13.8 Å². The highest BCUT2D eigenvalue weighted by atomic mass is 19.1. The molecule has 0 heterocycles. The summed E-state index contributed by atoms with van der Waals surface area (Å²) >= 11 is 0. The van der Waals surface area contributed by atoms with Crippen LogP contribution in [-0.2, 0) is 0 Å². The summed E-state index contributed by atoms with van der Waals surface area (Å²) in [5.41, 5.74) is 1.43. The molecule has 0 fully saturated rings. The standard InChI is InChI=1S/C18H20FNO2/c1-3-12-22-17-10-6-15(7-11-17)18(21)20-13(2)14-4-8-16(19)9-5-14/h4-11,13H,3,12H2,1-2H3,(H,20,21)/t13-/m0/s1. The molecule has 0 unspecified atom stereocenters. The lowest BCUT2D eigenvalue weighted by Gasteiger charge is -2.14. The highest BCUT2D eigenvalue weighted by Gasteiger charge is 2.11. The molecular formula is C18H20FNO2. The van der Waals surface area contributed by atoms with E-state index in [-0.39, 0.29) is 17.8 Å². The van der Waals surface area contributed by atoms with E-state index in [1.54, 1.807) is 36.4 Å². The Morgan fingerprint density at radius 3 is 2.36 bits per heavy atom. The summed E-state index contributed by atoms with van der Waals surface area (Å²) in [6.45, 7) is 4.57. The largest absolute Gasteiger partial charge is 0.494 e. The molecule has 0 saturated heterocycles. The van der Waals surface area contributed by atoms with Crippen LogP contribution in [0.4, 0.5) is 4.39 Å². The quantitative estimate of drug-likeness (QED) is 0.872. The van der Waals surface area contributed by atoms with Gasteiger partial charge in [0.05, 0.1) is 12.6 Å². The zero-order valence-electron chi connectivity index (χ0n) is 12.8. The Balaban J connectivity index is 1.97. The van der Waals surface area contributed by atoms with E-state index in [4.69, 9.17) is 4.74 Å².